The lowest BCUT2D eigenvalue weighted by atomic mass is 9.73. The van der Waals surface area contributed by atoms with Gasteiger partial charge in [-0.3, -0.25) is 14.4 Å². The van der Waals surface area contributed by atoms with Gasteiger partial charge in [0.15, 0.2) is 5.41 Å². The molecule has 116 valence electrons. The quantitative estimate of drug-likeness (QED) is 0.229. The number of halogens is 1. The Hall–Kier alpha value is -0.860. The van der Waals surface area contributed by atoms with E-state index >= 15 is 0 Å². The molecule has 6 atom stereocenters. The van der Waals surface area contributed by atoms with E-state index in [-0.39, 0.29) is 21.7 Å². The molecular formula is C14H17IO6. The Balaban J connectivity index is 1.80. The molecule has 0 aromatic carbocycles. The van der Waals surface area contributed by atoms with Crippen molar-refractivity contribution in [3.8, 4) is 0 Å². The molecule has 1 aliphatic heterocycles. The van der Waals surface area contributed by atoms with Gasteiger partial charge in [-0.15, -0.1) is 0 Å². The number of fused-ring (bicyclic) bond motifs is 1. The number of carbonyl (C=O) groups excluding carboxylic acids is 3. The summed E-state index contributed by atoms with van der Waals surface area (Å²) in [5, 5.41) is 0. The minimum atomic E-state index is -1.17. The lowest BCUT2D eigenvalue weighted by Gasteiger charge is -2.30. The third-order valence-corrected chi connectivity index (χ3v) is 6.37. The van der Waals surface area contributed by atoms with Gasteiger partial charge in [0.25, 0.3) is 0 Å². The van der Waals surface area contributed by atoms with E-state index < -0.39 is 29.6 Å². The van der Waals surface area contributed by atoms with Crippen molar-refractivity contribution in [1.29, 1.82) is 0 Å². The van der Waals surface area contributed by atoms with Crippen LogP contribution in [-0.4, -0.2) is 41.2 Å². The van der Waals surface area contributed by atoms with Crippen LogP contribution in [0, 0.1) is 17.3 Å². The molecule has 0 N–H and O–H groups in total. The first-order valence-electron chi connectivity index (χ1n) is 7.09. The summed E-state index contributed by atoms with van der Waals surface area (Å²) >= 11 is 2.04. The molecule has 1 saturated heterocycles. The monoisotopic (exact) mass is 408 g/mol. The zero-order chi connectivity index (χ0) is 15.4. The lowest BCUT2D eigenvalue weighted by molar-refractivity contribution is -0.164. The first kappa shape index (κ1) is 15.1. The SMILES string of the molecule is CCC(I)C(=O)OC1C2CC3C1OC(=O)C3(C(=O)OC)C2. The summed E-state index contributed by atoms with van der Waals surface area (Å²) < 4.78 is 15.5. The van der Waals surface area contributed by atoms with E-state index in [4.69, 9.17) is 14.2 Å². The van der Waals surface area contributed by atoms with Gasteiger partial charge in [0.05, 0.1) is 7.11 Å². The second-order valence-electron chi connectivity index (χ2n) is 5.92. The molecule has 3 aliphatic rings. The van der Waals surface area contributed by atoms with E-state index in [1.165, 1.54) is 7.11 Å². The van der Waals surface area contributed by atoms with E-state index in [2.05, 4.69) is 0 Å². The largest absolute Gasteiger partial charge is 0.468 e. The molecule has 0 radical (unpaired) electrons. The molecule has 0 amide bonds. The number of carbonyl (C=O) groups is 3. The Kier molecular flexibility index (Phi) is 3.66. The summed E-state index contributed by atoms with van der Waals surface area (Å²) in [7, 11) is 1.28. The van der Waals surface area contributed by atoms with Crippen LogP contribution in [0.15, 0.2) is 0 Å². The normalized spacial score (nSPS) is 40.8. The van der Waals surface area contributed by atoms with Crippen LogP contribution in [0.2, 0.25) is 0 Å². The molecule has 3 rings (SSSR count). The second-order valence-corrected chi connectivity index (χ2v) is 7.42. The van der Waals surface area contributed by atoms with Crippen LogP contribution in [0.1, 0.15) is 26.2 Å². The Bertz CT molecular complexity index is 506. The van der Waals surface area contributed by atoms with Crippen LogP contribution in [0.5, 0.6) is 0 Å². The van der Waals surface area contributed by atoms with Gasteiger partial charge in [-0.1, -0.05) is 29.5 Å². The van der Waals surface area contributed by atoms with Crippen LogP contribution in [0.3, 0.4) is 0 Å². The minimum absolute atomic E-state index is 0.00467. The molecule has 2 saturated carbocycles. The van der Waals surface area contributed by atoms with Gasteiger partial charge in [0, 0.05) is 11.8 Å². The highest BCUT2D eigenvalue weighted by molar-refractivity contribution is 14.1. The predicted octanol–water partition coefficient (Wildman–Crippen LogP) is 1.24. The maximum Gasteiger partial charge on any atom is 0.324 e. The average molecular weight is 408 g/mol. The van der Waals surface area contributed by atoms with E-state index in [9.17, 15) is 14.4 Å². The van der Waals surface area contributed by atoms with E-state index in [0.29, 0.717) is 19.3 Å². The van der Waals surface area contributed by atoms with Crippen molar-refractivity contribution in [3.63, 3.8) is 0 Å². The number of rotatable bonds is 4. The number of ether oxygens (including phenoxy) is 3. The highest BCUT2D eigenvalue weighted by Crippen LogP contribution is 2.62. The van der Waals surface area contributed by atoms with Crippen molar-refractivity contribution in [1.82, 2.24) is 0 Å². The third kappa shape index (κ3) is 1.92. The molecular weight excluding hydrogens is 391 g/mol. The summed E-state index contributed by atoms with van der Waals surface area (Å²) in [5.41, 5.74) is -1.17. The zero-order valence-electron chi connectivity index (χ0n) is 11.8. The Morgan fingerprint density at radius 3 is 2.86 bits per heavy atom. The van der Waals surface area contributed by atoms with Crippen molar-refractivity contribution in [2.75, 3.05) is 7.11 Å². The fourth-order valence-corrected chi connectivity index (χ4v) is 4.14. The Morgan fingerprint density at radius 2 is 2.24 bits per heavy atom. The smallest absolute Gasteiger partial charge is 0.324 e. The molecule has 6 nitrogen and oxygen atoms in total. The minimum Gasteiger partial charge on any atom is -0.468 e. The Labute approximate surface area is 136 Å². The molecule has 2 aliphatic carbocycles. The van der Waals surface area contributed by atoms with Crippen molar-refractivity contribution in [2.24, 2.45) is 17.3 Å². The van der Waals surface area contributed by atoms with Crippen molar-refractivity contribution < 1.29 is 28.6 Å². The molecule has 7 heteroatoms. The van der Waals surface area contributed by atoms with E-state index in [0.717, 1.165) is 0 Å². The summed E-state index contributed by atoms with van der Waals surface area (Å²) in [6.07, 6.45) is 0.795. The van der Waals surface area contributed by atoms with Crippen LogP contribution >= 0.6 is 22.6 Å². The van der Waals surface area contributed by atoms with E-state index in [1.807, 2.05) is 29.5 Å². The summed E-state index contributed by atoms with van der Waals surface area (Å²) in [4.78, 5) is 36.2. The molecule has 3 fully saturated rings. The molecule has 21 heavy (non-hydrogen) atoms. The van der Waals surface area contributed by atoms with Gasteiger partial charge in [0.1, 0.15) is 16.1 Å². The van der Waals surface area contributed by atoms with Crippen molar-refractivity contribution in [2.45, 2.75) is 42.3 Å². The summed E-state index contributed by atoms with van der Waals surface area (Å²) in [6, 6.07) is 0. The Morgan fingerprint density at radius 1 is 1.52 bits per heavy atom. The van der Waals surface area contributed by atoms with Gasteiger partial charge in [-0.2, -0.15) is 0 Å². The van der Waals surface area contributed by atoms with Crippen LogP contribution in [0.4, 0.5) is 0 Å². The number of alkyl halides is 1. The fourth-order valence-electron chi connectivity index (χ4n) is 3.99. The first-order chi connectivity index (χ1) is 9.95. The first-order valence-corrected chi connectivity index (χ1v) is 8.34. The van der Waals surface area contributed by atoms with Crippen LogP contribution in [0.25, 0.3) is 0 Å². The topological polar surface area (TPSA) is 78.9 Å². The van der Waals surface area contributed by atoms with Crippen LogP contribution in [-0.2, 0) is 28.6 Å². The summed E-state index contributed by atoms with van der Waals surface area (Å²) in [6.45, 7) is 1.91. The van der Waals surface area contributed by atoms with Gasteiger partial charge in [0.2, 0.25) is 0 Å². The molecule has 0 aromatic rings. The molecule has 0 aromatic heterocycles. The van der Waals surface area contributed by atoms with Gasteiger partial charge < -0.3 is 14.2 Å². The molecule has 6 unspecified atom stereocenters. The average Bonchev–Trinajstić information content (AvgIpc) is 3.07. The number of methoxy groups -OCH3 is 1. The van der Waals surface area contributed by atoms with E-state index in [1.54, 1.807) is 0 Å². The number of hydrogen-bond acceptors (Lipinski definition) is 6. The molecule has 1 heterocycles. The highest BCUT2D eigenvalue weighted by Gasteiger charge is 2.75. The third-order valence-electron chi connectivity index (χ3n) is 4.98. The lowest BCUT2D eigenvalue weighted by Crippen LogP contribution is -2.45. The predicted molar refractivity (Wildman–Crippen MR) is 78.5 cm³/mol. The molecule has 0 spiro atoms. The number of esters is 3. The van der Waals surface area contributed by atoms with Crippen molar-refractivity contribution >= 4 is 40.5 Å². The maximum absolute atomic E-state index is 12.2. The zero-order valence-corrected chi connectivity index (χ0v) is 14.0. The van der Waals surface area contributed by atoms with Crippen LogP contribution < -0.4 is 0 Å². The maximum atomic E-state index is 12.2. The highest BCUT2D eigenvalue weighted by atomic mass is 127. The standard InChI is InChI=1S/C14H17IO6/c1-3-8(15)11(16)20-9-6-4-7-10(9)21-13(18)14(7,5-6)12(17)19-2/h6-10H,3-5H2,1-2H3. The summed E-state index contributed by atoms with van der Waals surface area (Å²) in [5.74, 6) is -1.55. The van der Waals surface area contributed by atoms with Gasteiger partial charge in [-0.05, 0) is 19.3 Å². The fraction of sp³-hybridized carbons (Fsp3) is 0.786. The van der Waals surface area contributed by atoms with Gasteiger partial charge >= 0.3 is 17.9 Å². The van der Waals surface area contributed by atoms with Gasteiger partial charge in [-0.25, -0.2) is 0 Å². The van der Waals surface area contributed by atoms with Crippen molar-refractivity contribution in [3.05, 3.63) is 0 Å². The second kappa shape index (κ2) is 5.10. The number of hydrogen-bond donors (Lipinski definition) is 0. The molecule has 2 bridgehead atoms.